The average molecular weight is 372 g/mol. The van der Waals surface area contributed by atoms with Crippen molar-refractivity contribution in [2.75, 3.05) is 18.4 Å². The Morgan fingerprint density at radius 2 is 1.96 bits per heavy atom. The van der Waals surface area contributed by atoms with Gasteiger partial charge in [-0.25, -0.2) is 9.78 Å². The van der Waals surface area contributed by atoms with Crippen LogP contribution in [0, 0.1) is 0 Å². The predicted octanol–water partition coefficient (Wildman–Crippen LogP) is 5.36. The summed E-state index contributed by atoms with van der Waals surface area (Å²) in [5, 5.41) is 4.73. The number of rotatable bonds is 2. The molecule has 2 aromatic carbocycles. The Labute approximate surface area is 155 Å². The van der Waals surface area contributed by atoms with Gasteiger partial charge in [0, 0.05) is 29.7 Å². The number of nitrogens with zero attached hydrogens (tertiary/aromatic N) is 2. The van der Waals surface area contributed by atoms with Crippen LogP contribution in [0.2, 0.25) is 5.02 Å². The third-order valence-electron chi connectivity index (χ3n) is 4.52. The van der Waals surface area contributed by atoms with Gasteiger partial charge in [-0.05, 0) is 43.2 Å². The largest absolute Gasteiger partial charge is 0.324 e. The van der Waals surface area contributed by atoms with Gasteiger partial charge >= 0.3 is 6.03 Å². The topological polar surface area (TPSA) is 45.2 Å². The highest BCUT2D eigenvalue weighted by atomic mass is 35.5. The van der Waals surface area contributed by atoms with E-state index in [2.05, 4.69) is 17.4 Å². The third kappa shape index (κ3) is 3.62. The first-order chi connectivity index (χ1) is 12.2. The van der Waals surface area contributed by atoms with E-state index in [4.69, 9.17) is 16.6 Å². The van der Waals surface area contributed by atoms with Crippen LogP contribution in [0.25, 0.3) is 10.2 Å². The number of anilines is 1. The lowest BCUT2D eigenvalue weighted by Crippen LogP contribution is -2.40. The molecule has 6 heteroatoms. The number of para-hydroxylation sites is 1. The summed E-state index contributed by atoms with van der Waals surface area (Å²) in [6, 6.07) is 15.4. The van der Waals surface area contributed by atoms with Gasteiger partial charge in [0.05, 0.1) is 15.2 Å². The number of nitrogens with one attached hydrogen (secondary N) is 1. The number of amides is 2. The minimum absolute atomic E-state index is 0.0648. The summed E-state index contributed by atoms with van der Waals surface area (Å²) in [5.74, 6) is 0.438. The van der Waals surface area contributed by atoms with E-state index in [9.17, 15) is 4.79 Å². The number of carbonyl (C=O) groups is 1. The molecule has 0 aliphatic carbocycles. The Morgan fingerprint density at radius 3 is 2.72 bits per heavy atom. The van der Waals surface area contributed by atoms with E-state index in [1.807, 2.05) is 29.2 Å². The molecule has 1 aliphatic rings. The van der Waals surface area contributed by atoms with E-state index in [1.165, 1.54) is 9.71 Å². The maximum absolute atomic E-state index is 12.4. The number of aromatic nitrogens is 1. The Hall–Kier alpha value is -2.11. The van der Waals surface area contributed by atoms with E-state index < -0.39 is 0 Å². The molecule has 0 atom stereocenters. The molecular weight excluding hydrogens is 354 g/mol. The molecule has 2 amide bonds. The highest BCUT2D eigenvalue weighted by Crippen LogP contribution is 2.33. The number of piperidine rings is 1. The number of carbonyl (C=O) groups excluding carboxylic acids is 1. The number of fused-ring (bicyclic) bond motifs is 1. The van der Waals surface area contributed by atoms with E-state index in [1.54, 1.807) is 23.5 Å². The molecule has 4 nitrogen and oxygen atoms in total. The van der Waals surface area contributed by atoms with Crippen LogP contribution in [-0.4, -0.2) is 29.0 Å². The molecule has 1 fully saturated rings. The van der Waals surface area contributed by atoms with Crippen molar-refractivity contribution in [3.05, 3.63) is 58.6 Å². The van der Waals surface area contributed by atoms with Crippen LogP contribution < -0.4 is 5.32 Å². The standard InChI is InChI=1S/C19H18ClN3OS/c20-14-4-3-5-15(12-14)21-19(24)23-10-8-13(9-11-23)18-22-16-6-1-2-7-17(16)25-18/h1-7,12-13H,8-11H2,(H,21,24). The lowest BCUT2D eigenvalue weighted by Gasteiger charge is -2.31. The fourth-order valence-electron chi connectivity index (χ4n) is 3.16. The van der Waals surface area contributed by atoms with E-state index in [0.29, 0.717) is 10.9 Å². The zero-order valence-electron chi connectivity index (χ0n) is 13.6. The summed E-state index contributed by atoms with van der Waals surface area (Å²) in [5.41, 5.74) is 1.80. The third-order valence-corrected chi connectivity index (χ3v) is 5.95. The number of hydrogen-bond acceptors (Lipinski definition) is 3. The molecule has 0 radical (unpaired) electrons. The van der Waals surface area contributed by atoms with Crippen LogP contribution in [-0.2, 0) is 0 Å². The lowest BCUT2D eigenvalue weighted by atomic mass is 9.98. The van der Waals surface area contributed by atoms with Crippen LogP contribution >= 0.6 is 22.9 Å². The summed E-state index contributed by atoms with van der Waals surface area (Å²) in [6.07, 6.45) is 1.89. The molecule has 0 unspecified atom stereocenters. The molecule has 0 bridgehead atoms. The molecule has 128 valence electrons. The number of thiazole rings is 1. The summed E-state index contributed by atoms with van der Waals surface area (Å²) in [4.78, 5) is 19.1. The average Bonchev–Trinajstić information content (AvgIpc) is 3.06. The Morgan fingerprint density at radius 1 is 1.16 bits per heavy atom. The number of hydrogen-bond donors (Lipinski definition) is 1. The molecule has 25 heavy (non-hydrogen) atoms. The van der Waals surface area contributed by atoms with Gasteiger partial charge in [0.15, 0.2) is 0 Å². The van der Waals surface area contributed by atoms with Crippen LogP contribution in [0.15, 0.2) is 48.5 Å². The van der Waals surface area contributed by atoms with Crippen molar-refractivity contribution in [1.29, 1.82) is 0 Å². The Balaban J connectivity index is 1.38. The van der Waals surface area contributed by atoms with Gasteiger partial charge in [-0.2, -0.15) is 0 Å². The molecule has 0 saturated carbocycles. The minimum atomic E-state index is -0.0648. The first-order valence-corrected chi connectivity index (χ1v) is 9.55. The summed E-state index contributed by atoms with van der Waals surface area (Å²) in [7, 11) is 0. The van der Waals surface area contributed by atoms with Gasteiger partial charge < -0.3 is 10.2 Å². The predicted molar refractivity (Wildman–Crippen MR) is 104 cm³/mol. The second-order valence-electron chi connectivity index (χ2n) is 6.22. The van der Waals surface area contributed by atoms with Crippen molar-refractivity contribution < 1.29 is 4.79 Å². The molecule has 2 heterocycles. The van der Waals surface area contributed by atoms with E-state index in [-0.39, 0.29) is 6.03 Å². The van der Waals surface area contributed by atoms with Crippen molar-refractivity contribution >= 4 is 44.9 Å². The molecule has 1 aromatic heterocycles. The highest BCUT2D eigenvalue weighted by molar-refractivity contribution is 7.18. The fourth-order valence-corrected chi connectivity index (χ4v) is 4.49. The lowest BCUT2D eigenvalue weighted by molar-refractivity contribution is 0.194. The van der Waals surface area contributed by atoms with E-state index >= 15 is 0 Å². The number of likely N-dealkylation sites (tertiary alicyclic amines) is 1. The summed E-state index contributed by atoms with van der Waals surface area (Å²) in [6.45, 7) is 1.49. The SMILES string of the molecule is O=C(Nc1cccc(Cl)c1)N1CCC(c2nc3ccccc3s2)CC1. The van der Waals surface area contributed by atoms with Crippen LogP contribution in [0.4, 0.5) is 10.5 Å². The van der Waals surface area contributed by atoms with Gasteiger partial charge in [-0.3, -0.25) is 0 Å². The molecule has 4 rings (SSSR count). The second-order valence-corrected chi connectivity index (χ2v) is 7.72. The summed E-state index contributed by atoms with van der Waals surface area (Å²) >= 11 is 7.74. The fraction of sp³-hybridized carbons (Fsp3) is 0.263. The van der Waals surface area contributed by atoms with Crippen LogP contribution in [0.1, 0.15) is 23.8 Å². The molecule has 0 spiro atoms. The zero-order chi connectivity index (χ0) is 17.2. The van der Waals surface area contributed by atoms with Crippen molar-refractivity contribution in [1.82, 2.24) is 9.88 Å². The van der Waals surface area contributed by atoms with Crippen molar-refractivity contribution in [2.45, 2.75) is 18.8 Å². The number of urea groups is 1. The molecule has 3 aromatic rings. The number of benzene rings is 2. The first kappa shape index (κ1) is 16.4. The smallest absolute Gasteiger partial charge is 0.321 e. The van der Waals surface area contributed by atoms with Crippen molar-refractivity contribution in [3.63, 3.8) is 0 Å². The van der Waals surface area contributed by atoms with Crippen LogP contribution in [0.3, 0.4) is 0 Å². The molecule has 1 saturated heterocycles. The molecule has 1 N–H and O–H groups in total. The maximum atomic E-state index is 12.4. The first-order valence-electron chi connectivity index (χ1n) is 8.36. The van der Waals surface area contributed by atoms with Gasteiger partial charge in [0.1, 0.15) is 0 Å². The van der Waals surface area contributed by atoms with E-state index in [0.717, 1.165) is 37.1 Å². The number of halogens is 1. The molecule has 1 aliphatic heterocycles. The van der Waals surface area contributed by atoms with Gasteiger partial charge in [-0.15, -0.1) is 11.3 Å². The molecular formula is C19H18ClN3OS. The zero-order valence-corrected chi connectivity index (χ0v) is 15.2. The second kappa shape index (κ2) is 7.02. The van der Waals surface area contributed by atoms with Gasteiger partial charge in [0.25, 0.3) is 0 Å². The van der Waals surface area contributed by atoms with Gasteiger partial charge in [0.2, 0.25) is 0 Å². The Bertz CT molecular complexity index is 869. The Kier molecular flexibility index (Phi) is 4.59. The minimum Gasteiger partial charge on any atom is -0.324 e. The monoisotopic (exact) mass is 371 g/mol. The van der Waals surface area contributed by atoms with Gasteiger partial charge in [-0.1, -0.05) is 29.8 Å². The highest BCUT2D eigenvalue weighted by Gasteiger charge is 2.26. The van der Waals surface area contributed by atoms with Crippen LogP contribution in [0.5, 0.6) is 0 Å². The maximum Gasteiger partial charge on any atom is 0.321 e. The normalized spacial score (nSPS) is 15.5. The summed E-state index contributed by atoms with van der Waals surface area (Å²) < 4.78 is 1.23. The quantitative estimate of drug-likeness (QED) is 0.658. The van der Waals surface area contributed by atoms with Crippen molar-refractivity contribution in [2.24, 2.45) is 0 Å². The van der Waals surface area contributed by atoms with Crippen molar-refractivity contribution in [3.8, 4) is 0 Å².